The predicted octanol–water partition coefficient (Wildman–Crippen LogP) is 2.13. The van der Waals surface area contributed by atoms with Crippen molar-refractivity contribution in [2.75, 3.05) is 20.2 Å². The van der Waals surface area contributed by atoms with Crippen molar-refractivity contribution in [3.63, 3.8) is 0 Å². The number of esters is 1. The van der Waals surface area contributed by atoms with Gasteiger partial charge in [0, 0.05) is 12.1 Å². The first-order chi connectivity index (χ1) is 9.43. The molecule has 0 radical (unpaired) electrons. The van der Waals surface area contributed by atoms with Crippen LogP contribution < -0.4 is 4.74 Å². The maximum Gasteiger partial charge on any atom is 0.325 e. The molecule has 0 saturated heterocycles. The van der Waals surface area contributed by atoms with Crippen LogP contribution in [-0.4, -0.2) is 43.1 Å². The third-order valence-corrected chi connectivity index (χ3v) is 2.77. The maximum atomic E-state index is 12.0. The molecule has 1 atom stereocenters. The van der Waals surface area contributed by atoms with Crippen molar-refractivity contribution in [2.45, 2.75) is 20.0 Å². The zero-order chi connectivity index (χ0) is 15.1. The van der Waals surface area contributed by atoms with E-state index in [1.807, 2.05) is 0 Å². The van der Waals surface area contributed by atoms with Crippen LogP contribution in [0.15, 0.2) is 24.3 Å². The van der Waals surface area contributed by atoms with Crippen LogP contribution in [0.5, 0.6) is 5.75 Å². The van der Waals surface area contributed by atoms with E-state index in [0.29, 0.717) is 10.8 Å². The SMILES string of the molecule is CCOC(=O)CN(C)C(=O)C(C)Oc1ccc(Cl)cc1. The van der Waals surface area contributed by atoms with Gasteiger partial charge in [-0.25, -0.2) is 0 Å². The highest BCUT2D eigenvalue weighted by molar-refractivity contribution is 6.30. The summed E-state index contributed by atoms with van der Waals surface area (Å²) in [6, 6.07) is 6.71. The van der Waals surface area contributed by atoms with E-state index in [1.54, 1.807) is 38.1 Å². The van der Waals surface area contributed by atoms with Crippen LogP contribution >= 0.6 is 11.6 Å². The molecule has 20 heavy (non-hydrogen) atoms. The number of amides is 1. The van der Waals surface area contributed by atoms with Crippen molar-refractivity contribution >= 4 is 23.5 Å². The van der Waals surface area contributed by atoms with Crippen molar-refractivity contribution in [3.8, 4) is 5.75 Å². The quantitative estimate of drug-likeness (QED) is 0.755. The Hall–Kier alpha value is -1.75. The Morgan fingerprint density at radius 2 is 1.90 bits per heavy atom. The molecule has 1 rings (SSSR count). The van der Waals surface area contributed by atoms with Gasteiger partial charge in [-0.1, -0.05) is 11.6 Å². The van der Waals surface area contributed by atoms with Gasteiger partial charge in [0.1, 0.15) is 12.3 Å². The van der Waals surface area contributed by atoms with Crippen LogP contribution in [-0.2, 0) is 14.3 Å². The number of nitrogens with zero attached hydrogens (tertiary/aromatic N) is 1. The summed E-state index contributed by atoms with van der Waals surface area (Å²) in [5.74, 6) is -0.199. The molecular formula is C14H18ClNO4. The van der Waals surface area contributed by atoms with Crippen molar-refractivity contribution in [3.05, 3.63) is 29.3 Å². The van der Waals surface area contributed by atoms with E-state index in [1.165, 1.54) is 11.9 Å². The van der Waals surface area contributed by atoms with Crippen molar-refractivity contribution in [1.29, 1.82) is 0 Å². The van der Waals surface area contributed by atoms with Crippen LogP contribution in [0.1, 0.15) is 13.8 Å². The number of benzene rings is 1. The first-order valence-electron chi connectivity index (χ1n) is 6.26. The number of rotatable bonds is 6. The lowest BCUT2D eigenvalue weighted by Gasteiger charge is -2.21. The Morgan fingerprint density at radius 1 is 1.30 bits per heavy atom. The van der Waals surface area contributed by atoms with Crippen molar-refractivity contribution in [1.82, 2.24) is 4.90 Å². The van der Waals surface area contributed by atoms with E-state index in [4.69, 9.17) is 21.1 Å². The van der Waals surface area contributed by atoms with Gasteiger partial charge in [0.2, 0.25) is 0 Å². The summed E-state index contributed by atoms with van der Waals surface area (Å²) in [7, 11) is 1.53. The normalized spacial score (nSPS) is 11.6. The molecule has 6 heteroatoms. The van der Waals surface area contributed by atoms with Crippen LogP contribution in [0, 0.1) is 0 Å². The Labute approximate surface area is 123 Å². The fourth-order valence-electron chi connectivity index (χ4n) is 1.56. The predicted molar refractivity (Wildman–Crippen MR) is 75.8 cm³/mol. The van der Waals surface area contributed by atoms with Gasteiger partial charge in [-0.05, 0) is 38.1 Å². The minimum absolute atomic E-state index is 0.0962. The Bertz CT molecular complexity index is 461. The lowest BCUT2D eigenvalue weighted by Crippen LogP contribution is -2.41. The van der Waals surface area contributed by atoms with E-state index in [2.05, 4.69) is 0 Å². The number of carbonyl (C=O) groups is 2. The largest absolute Gasteiger partial charge is 0.481 e. The minimum atomic E-state index is -0.699. The first kappa shape index (κ1) is 16.3. The third-order valence-electron chi connectivity index (χ3n) is 2.52. The van der Waals surface area contributed by atoms with E-state index in [-0.39, 0.29) is 19.1 Å². The summed E-state index contributed by atoms with van der Waals surface area (Å²) < 4.78 is 10.3. The number of likely N-dealkylation sites (N-methyl/N-ethyl adjacent to an activating group) is 1. The second kappa shape index (κ2) is 7.75. The molecule has 5 nitrogen and oxygen atoms in total. The minimum Gasteiger partial charge on any atom is -0.481 e. The van der Waals surface area contributed by atoms with Gasteiger partial charge in [0.05, 0.1) is 6.61 Å². The Morgan fingerprint density at radius 3 is 2.45 bits per heavy atom. The topological polar surface area (TPSA) is 55.8 Å². The molecule has 0 aromatic heterocycles. The van der Waals surface area contributed by atoms with Gasteiger partial charge in [-0.15, -0.1) is 0 Å². The summed E-state index contributed by atoms with van der Waals surface area (Å²) in [5.41, 5.74) is 0. The van der Waals surface area contributed by atoms with Crippen molar-refractivity contribution < 1.29 is 19.1 Å². The monoisotopic (exact) mass is 299 g/mol. The van der Waals surface area contributed by atoms with E-state index in [9.17, 15) is 9.59 Å². The van der Waals surface area contributed by atoms with Crippen LogP contribution in [0.2, 0.25) is 5.02 Å². The zero-order valence-corrected chi connectivity index (χ0v) is 12.5. The van der Waals surface area contributed by atoms with Crippen molar-refractivity contribution in [2.24, 2.45) is 0 Å². The van der Waals surface area contributed by atoms with E-state index < -0.39 is 12.1 Å². The first-order valence-corrected chi connectivity index (χ1v) is 6.64. The van der Waals surface area contributed by atoms with Gasteiger partial charge in [-0.3, -0.25) is 9.59 Å². The number of carbonyl (C=O) groups excluding carboxylic acids is 2. The highest BCUT2D eigenvalue weighted by Gasteiger charge is 2.21. The molecule has 1 aromatic rings. The lowest BCUT2D eigenvalue weighted by molar-refractivity contribution is -0.150. The molecule has 0 N–H and O–H groups in total. The summed E-state index contributed by atoms with van der Waals surface area (Å²) in [4.78, 5) is 24.6. The van der Waals surface area contributed by atoms with E-state index in [0.717, 1.165) is 0 Å². The van der Waals surface area contributed by atoms with Gasteiger partial charge in [0.25, 0.3) is 5.91 Å². The van der Waals surface area contributed by atoms with Gasteiger partial charge >= 0.3 is 5.97 Å². The molecular weight excluding hydrogens is 282 g/mol. The maximum absolute atomic E-state index is 12.0. The standard InChI is InChI=1S/C14H18ClNO4/c1-4-19-13(17)9-16(3)14(18)10(2)20-12-7-5-11(15)6-8-12/h5-8,10H,4,9H2,1-3H3. The fourth-order valence-corrected chi connectivity index (χ4v) is 1.68. The number of halogens is 1. The molecule has 0 aliphatic carbocycles. The molecule has 1 amide bonds. The van der Waals surface area contributed by atoms with Gasteiger partial charge in [-0.2, -0.15) is 0 Å². The summed E-state index contributed by atoms with van der Waals surface area (Å²) in [6.45, 7) is 3.53. The second-order valence-electron chi connectivity index (χ2n) is 4.21. The summed E-state index contributed by atoms with van der Waals surface area (Å²) in [6.07, 6.45) is -0.699. The third kappa shape index (κ3) is 5.09. The molecule has 0 spiro atoms. The molecule has 0 bridgehead atoms. The average molecular weight is 300 g/mol. The number of hydrogen-bond acceptors (Lipinski definition) is 4. The van der Waals surface area contributed by atoms with Crippen LogP contribution in [0.3, 0.4) is 0 Å². The Balaban J connectivity index is 2.53. The van der Waals surface area contributed by atoms with Crippen LogP contribution in [0.4, 0.5) is 0 Å². The molecule has 1 unspecified atom stereocenters. The van der Waals surface area contributed by atoms with E-state index >= 15 is 0 Å². The zero-order valence-electron chi connectivity index (χ0n) is 11.8. The van der Waals surface area contributed by atoms with Gasteiger partial charge in [0.15, 0.2) is 6.10 Å². The summed E-state index contributed by atoms with van der Waals surface area (Å²) >= 11 is 5.77. The molecule has 0 heterocycles. The number of hydrogen-bond donors (Lipinski definition) is 0. The van der Waals surface area contributed by atoms with Gasteiger partial charge < -0.3 is 14.4 Å². The number of ether oxygens (including phenoxy) is 2. The highest BCUT2D eigenvalue weighted by Crippen LogP contribution is 2.17. The molecule has 110 valence electrons. The van der Waals surface area contributed by atoms with Crippen LogP contribution in [0.25, 0.3) is 0 Å². The smallest absolute Gasteiger partial charge is 0.325 e. The fraction of sp³-hybridized carbons (Fsp3) is 0.429. The molecule has 0 saturated carbocycles. The molecule has 0 aliphatic heterocycles. The average Bonchev–Trinajstić information content (AvgIpc) is 2.40. The molecule has 1 aromatic carbocycles. The second-order valence-corrected chi connectivity index (χ2v) is 4.65. The lowest BCUT2D eigenvalue weighted by atomic mass is 10.3. The summed E-state index contributed by atoms with van der Waals surface area (Å²) in [5, 5.41) is 0.593. The Kier molecular flexibility index (Phi) is 6.31. The molecule has 0 aliphatic rings. The molecule has 0 fully saturated rings. The highest BCUT2D eigenvalue weighted by atomic mass is 35.5.